The number of aliphatic hydroxyl groups is 1. The average Bonchev–Trinajstić information content (AvgIpc) is 2.49. The van der Waals surface area contributed by atoms with Gasteiger partial charge in [-0.1, -0.05) is 30.3 Å². The van der Waals surface area contributed by atoms with Crippen LogP contribution in [-0.2, 0) is 0 Å². The standard InChI is InChI=1S/C13H14N4O2/c18-8-12(10-4-2-1-3-5-10)16-17-13(19)11-6-14-9-15-7-11/h1-7,9,12,16,18H,8H2,(H,17,19). The van der Waals surface area contributed by atoms with E-state index >= 15 is 0 Å². The third kappa shape index (κ3) is 3.57. The number of aliphatic hydroxyl groups excluding tert-OH is 1. The molecule has 0 aliphatic rings. The number of benzene rings is 1. The monoisotopic (exact) mass is 258 g/mol. The molecular formula is C13H14N4O2. The first kappa shape index (κ1) is 13.1. The Labute approximate surface area is 110 Å². The van der Waals surface area contributed by atoms with Gasteiger partial charge in [0.05, 0.1) is 18.2 Å². The van der Waals surface area contributed by atoms with E-state index in [1.807, 2.05) is 30.3 Å². The van der Waals surface area contributed by atoms with E-state index in [0.717, 1.165) is 5.56 Å². The number of hydrogen-bond donors (Lipinski definition) is 3. The maximum atomic E-state index is 11.8. The van der Waals surface area contributed by atoms with Gasteiger partial charge in [0.1, 0.15) is 6.33 Å². The molecule has 0 bridgehead atoms. The van der Waals surface area contributed by atoms with Crippen LogP contribution in [0.15, 0.2) is 49.1 Å². The van der Waals surface area contributed by atoms with Gasteiger partial charge in [0.2, 0.25) is 0 Å². The van der Waals surface area contributed by atoms with Crippen molar-refractivity contribution in [2.24, 2.45) is 0 Å². The highest BCUT2D eigenvalue weighted by atomic mass is 16.3. The molecule has 0 spiro atoms. The van der Waals surface area contributed by atoms with Crippen molar-refractivity contribution in [2.45, 2.75) is 6.04 Å². The SMILES string of the molecule is O=C(NNC(CO)c1ccccc1)c1cncnc1. The molecule has 0 radical (unpaired) electrons. The molecule has 1 aromatic heterocycles. The first-order chi connectivity index (χ1) is 9.31. The summed E-state index contributed by atoms with van der Waals surface area (Å²) in [7, 11) is 0. The van der Waals surface area contributed by atoms with E-state index in [1.54, 1.807) is 0 Å². The summed E-state index contributed by atoms with van der Waals surface area (Å²) in [6.45, 7) is -0.129. The summed E-state index contributed by atoms with van der Waals surface area (Å²) in [4.78, 5) is 19.3. The van der Waals surface area contributed by atoms with Crippen molar-refractivity contribution in [1.29, 1.82) is 0 Å². The molecule has 1 unspecified atom stereocenters. The molecule has 0 saturated carbocycles. The third-order valence-electron chi connectivity index (χ3n) is 2.57. The minimum absolute atomic E-state index is 0.129. The van der Waals surface area contributed by atoms with Gasteiger partial charge in [0, 0.05) is 12.4 Å². The number of rotatable bonds is 5. The molecule has 0 fully saturated rings. The Morgan fingerprint density at radius 2 is 1.89 bits per heavy atom. The maximum Gasteiger partial charge on any atom is 0.268 e. The lowest BCUT2D eigenvalue weighted by Crippen LogP contribution is -2.41. The molecule has 6 heteroatoms. The molecule has 0 aliphatic heterocycles. The fraction of sp³-hybridized carbons (Fsp3) is 0.154. The molecule has 19 heavy (non-hydrogen) atoms. The lowest BCUT2D eigenvalue weighted by atomic mass is 10.1. The molecule has 98 valence electrons. The topological polar surface area (TPSA) is 87.1 Å². The van der Waals surface area contributed by atoms with Gasteiger partial charge in [-0.25, -0.2) is 15.4 Å². The minimum Gasteiger partial charge on any atom is -0.394 e. The Morgan fingerprint density at radius 3 is 2.53 bits per heavy atom. The van der Waals surface area contributed by atoms with E-state index in [2.05, 4.69) is 20.8 Å². The summed E-state index contributed by atoms with van der Waals surface area (Å²) in [5.41, 5.74) is 6.53. The van der Waals surface area contributed by atoms with Crippen LogP contribution >= 0.6 is 0 Å². The number of carbonyl (C=O) groups excluding carboxylic acids is 1. The molecular weight excluding hydrogens is 244 g/mol. The van der Waals surface area contributed by atoms with Gasteiger partial charge in [-0.05, 0) is 5.56 Å². The number of carbonyl (C=O) groups is 1. The first-order valence-electron chi connectivity index (χ1n) is 5.78. The second-order valence-electron chi connectivity index (χ2n) is 3.87. The Kier molecular flexibility index (Phi) is 4.54. The van der Waals surface area contributed by atoms with Crippen molar-refractivity contribution < 1.29 is 9.90 Å². The fourth-order valence-corrected chi connectivity index (χ4v) is 1.56. The molecule has 2 aromatic rings. The molecule has 1 heterocycles. The van der Waals surface area contributed by atoms with Crippen LogP contribution in [0, 0.1) is 0 Å². The Bertz CT molecular complexity index is 519. The van der Waals surface area contributed by atoms with Crippen LogP contribution in [-0.4, -0.2) is 27.6 Å². The summed E-state index contributed by atoms with van der Waals surface area (Å²) in [6, 6.07) is 8.99. The van der Waals surface area contributed by atoms with Crippen molar-refractivity contribution >= 4 is 5.91 Å². The van der Waals surface area contributed by atoms with Gasteiger partial charge >= 0.3 is 0 Å². The first-order valence-corrected chi connectivity index (χ1v) is 5.78. The van der Waals surface area contributed by atoms with E-state index < -0.39 is 0 Å². The number of amides is 1. The predicted molar refractivity (Wildman–Crippen MR) is 68.9 cm³/mol. The van der Waals surface area contributed by atoms with E-state index in [0.29, 0.717) is 5.56 Å². The van der Waals surface area contributed by atoms with Crippen molar-refractivity contribution in [3.63, 3.8) is 0 Å². The second-order valence-corrected chi connectivity index (χ2v) is 3.87. The zero-order valence-electron chi connectivity index (χ0n) is 10.2. The predicted octanol–water partition coefficient (Wildman–Crippen LogP) is 0.445. The van der Waals surface area contributed by atoms with Gasteiger partial charge in [-0.3, -0.25) is 10.2 Å². The largest absolute Gasteiger partial charge is 0.394 e. The number of hydrazine groups is 1. The molecule has 1 aromatic carbocycles. The van der Waals surface area contributed by atoms with Gasteiger partial charge in [-0.2, -0.15) is 0 Å². The highest BCUT2D eigenvalue weighted by Gasteiger charge is 2.11. The molecule has 1 atom stereocenters. The number of aromatic nitrogens is 2. The van der Waals surface area contributed by atoms with E-state index in [1.165, 1.54) is 18.7 Å². The molecule has 3 N–H and O–H groups in total. The van der Waals surface area contributed by atoms with E-state index in [4.69, 9.17) is 0 Å². The van der Waals surface area contributed by atoms with Gasteiger partial charge < -0.3 is 5.11 Å². The fourth-order valence-electron chi connectivity index (χ4n) is 1.56. The van der Waals surface area contributed by atoms with Crippen LogP contribution in [0.1, 0.15) is 22.0 Å². The summed E-state index contributed by atoms with van der Waals surface area (Å²) >= 11 is 0. The highest BCUT2D eigenvalue weighted by Crippen LogP contribution is 2.10. The Balaban J connectivity index is 1.96. The number of nitrogens with zero attached hydrogens (tertiary/aromatic N) is 2. The molecule has 2 rings (SSSR count). The summed E-state index contributed by atoms with van der Waals surface area (Å²) in [6.07, 6.45) is 4.19. The van der Waals surface area contributed by atoms with Crippen LogP contribution in [0.3, 0.4) is 0 Å². The lowest BCUT2D eigenvalue weighted by molar-refractivity contribution is 0.0914. The number of hydrogen-bond acceptors (Lipinski definition) is 5. The van der Waals surface area contributed by atoms with Crippen molar-refractivity contribution in [3.05, 3.63) is 60.2 Å². The maximum absolute atomic E-state index is 11.8. The molecule has 1 amide bonds. The zero-order chi connectivity index (χ0) is 13.5. The average molecular weight is 258 g/mol. The van der Waals surface area contributed by atoms with Crippen molar-refractivity contribution in [1.82, 2.24) is 20.8 Å². The summed E-state index contributed by atoms with van der Waals surface area (Å²) < 4.78 is 0. The highest BCUT2D eigenvalue weighted by molar-refractivity contribution is 5.93. The van der Waals surface area contributed by atoms with Gasteiger partial charge in [0.25, 0.3) is 5.91 Å². The van der Waals surface area contributed by atoms with Crippen LogP contribution in [0.4, 0.5) is 0 Å². The van der Waals surface area contributed by atoms with E-state index in [9.17, 15) is 9.90 Å². The Hall–Kier alpha value is -2.31. The number of nitrogens with one attached hydrogen (secondary N) is 2. The molecule has 0 saturated heterocycles. The van der Waals surface area contributed by atoms with Gasteiger partial charge in [-0.15, -0.1) is 0 Å². The molecule has 0 aliphatic carbocycles. The third-order valence-corrected chi connectivity index (χ3v) is 2.57. The minimum atomic E-state index is -0.366. The van der Waals surface area contributed by atoms with Crippen LogP contribution in [0.25, 0.3) is 0 Å². The normalized spacial score (nSPS) is 11.8. The van der Waals surface area contributed by atoms with Crippen molar-refractivity contribution in [2.75, 3.05) is 6.61 Å². The zero-order valence-corrected chi connectivity index (χ0v) is 10.2. The smallest absolute Gasteiger partial charge is 0.268 e. The van der Waals surface area contributed by atoms with Crippen LogP contribution in [0.2, 0.25) is 0 Å². The van der Waals surface area contributed by atoms with Crippen LogP contribution in [0.5, 0.6) is 0 Å². The van der Waals surface area contributed by atoms with Crippen molar-refractivity contribution in [3.8, 4) is 0 Å². The summed E-state index contributed by atoms with van der Waals surface area (Å²) in [5, 5.41) is 9.32. The lowest BCUT2D eigenvalue weighted by Gasteiger charge is -2.17. The molecule has 6 nitrogen and oxygen atoms in total. The Morgan fingerprint density at radius 1 is 1.21 bits per heavy atom. The van der Waals surface area contributed by atoms with Crippen LogP contribution < -0.4 is 10.9 Å². The second kappa shape index (κ2) is 6.58. The quantitative estimate of drug-likeness (QED) is 0.678. The van der Waals surface area contributed by atoms with Gasteiger partial charge in [0.15, 0.2) is 0 Å². The summed E-state index contributed by atoms with van der Waals surface area (Å²) in [5.74, 6) is -0.352. The van der Waals surface area contributed by atoms with E-state index in [-0.39, 0.29) is 18.6 Å².